The maximum atomic E-state index is 13.1. The van der Waals surface area contributed by atoms with E-state index in [4.69, 9.17) is 16.3 Å². The van der Waals surface area contributed by atoms with Crippen molar-refractivity contribution in [2.45, 2.75) is 19.9 Å². The molecule has 2 heterocycles. The molecule has 8 heteroatoms. The monoisotopic (exact) mass is 534 g/mol. The SMILES string of the molecule is CCc1cccc2c(/C=C3\SC(=O)N(CCOc4ccc(F)cc4)C3=O)cn(Cc3ccc(Cl)cc3)c12. The van der Waals surface area contributed by atoms with Crippen molar-refractivity contribution in [1.29, 1.82) is 0 Å². The number of ether oxygens (including phenoxy) is 1. The van der Waals surface area contributed by atoms with Gasteiger partial charge in [0.2, 0.25) is 0 Å². The Labute approximate surface area is 223 Å². The molecule has 1 saturated heterocycles. The highest BCUT2D eigenvalue weighted by molar-refractivity contribution is 8.18. The molecular weight excluding hydrogens is 511 g/mol. The second-order valence-corrected chi connectivity index (χ2v) is 10.1. The number of amides is 2. The van der Waals surface area contributed by atoms with Gasteiger partial charge >= 0.3 is 0 Å². The minimum atomic E-state index is -0.357. The molecule has 0 spiro atoms. The highest BCUT2D eigenvalue weighted by Crippen LogP contribution is 2.35. The molecular formula is C29H24ClFN2O3S. The van der Waals surface area contributed by atoms with Crippen LogP contribution in [0.3, 0.4) is 0 Å². The molecule has 0 atom stereocenters. The minimum Gasteiger partial charge on any atom is -0.492 e. The zero-order chi connectivity index (χ0) is 25.9. The molecule has 3 aromatic carbocycles. The summed E-state index contributed by atoms with van der Waals surface area (Å²) in [4.78, 5) is 27.3. The highest BCUT2D eigenvalue weighted by atomic mass is 35.5. The fourth-order valence-electron chi connectivity index (χ4n) is 4.40. The maximum Gasteiger partial charge on any atom is 0.293 e. The van der Waals surface area contributed by atoms with Crippen molar-refractivity contribution in [2.24, 2.45) is 0 Å². The molecule has 5 nitrogen and oxygen atoms in total. The van der Waals surface area contributed by atoms with Crippen molar-refractivity contribution in [3.8, 4) is 5.75 Å². The fourth-order valence-corrected chi connectivity index (χ4v) is 5.38. The van der Waals surface area contributed by atoms with Gasteiger partial charge in [-0.15, -0.1) is 0 Å². The number of carbonyl (C=O) groups is 2. The number of imide groups is 1. The normalized spacial score (nSPS) is 14.8. The van der Waals surface area contributed by atoms with Crippen molar-refractivity contribution >= 4 is 51.5 Å². The summed E-state index contributed by atoms with van der Waals surface area (Å²) in [5, 5.41) is 1.38. The van der Waals surface area contributed by atoms with Crippen LogP contribution in [0.4, 0.5) is 9.18 Å². The Morgan fingerprint density at radius 1 is 1.03 bits per heavy atom. The summed E-state index contributed by atoms with van der Waals surface area (Å²) < 4.78 is 20.8. The third-order valence-corrected chi connectivity index (χ3v) is 7.38. The van der Waals surface area contributed by atoms with Crippen LogP contribution in [-0.2, 0) is 17.8 Å². The predicted molar refractivity (Wildman–Crippen MR) is 146 cm³/mol. The van der Waals surface area contributed by atoms with Crippen molar-refractivity contribution < 1.29 is 18.7 Å². The molecule has 1 fully saturated rings. The minimum absolute atomic E-state index is 0.109. The number of fused-ring (bicyclic) bond motifs is 1. The maximum absolute atomic E-state index is 13.1. The van der Waals surface area contributed by atoms with Crippen molar-refractivity contribution in [3.05, 3.63) is 105 Å². The largest absolute Gasteiger partial charge is 0.492 e. The summed E-state index contributed by atoms with van der Waals surface area (Å²) in [6.45, 7) is 3.00. The van der Waals surface area contributed by atoms with E-state index in [1.807, 2.05) is 42.6 Å². The van der Waals surface area contributed by atoms with Crippen LogP contribution < -0.4 is 4.74 Å². The van der Waals surface area contributed by atoms with Crippen LogP contribution in [0.5, 0.6) is 5.75 Å². The van der Waals surface area contributed by atoms with Crippen LogP contribution >= 0.6 is 23.4 Å². The molecule has 0 aliphatic carbocycles. The predicted octanol–water partition coefficient (Wildman–Crippen LogP) is 7.16. The lowest BCUT2D eigenvalue weighted by atomic mass is 10.1. The quantitative estimate of drug-likeness (QED) is 0.225. The van der Waals surface area contributed by atoms with Crippen molar-refractivity contribution in [2.75, 3.05) is 13.2 Å². The topological polar surface area (TPSA) is 51.5 Å². The van der Waals surface area contributed by atoms with E-state index in [0.29, 0.717) is 22.2 Å². The molecule has 0 radical (unpaired) electrons. The molecule has 37 heavy (non-hydrogen) atoms. The van der Waals surface area contributed by atoms with Crippen molar-refractivity contribution in [1.82, 2.24) is 9.47 Å². The average Bonchev–Trinajstić information content (AvgIpc) is 3.38. The number of halogens is 2. The third kappa shape index (κ3) is 5.43. The number of rotatable bonds is 8. The van der Waals surface area contributed by atoms with Gasteiger partial charge in [-0.05, 0) is 71.8 Å². The summed E-state index contributed by atoms with van der Waals surface area (Å²) >= 11 is 6.99. The van der Waals surface area contributed by atoms with E-state index in [0.717, 1.165) is 40.2 Å². The van der Waals surface area contributed by atoms with E-state index < -0.39 is 0 Å². The molecule has 2 amide bonds. The van der Waals surface area contributed by atoms with Gasteiger partial charge in [0.1, 0.15) is 18.2 Å². The lowest BCUT2D eigenvalue weighted by Crippen LogP contribution is -2.32. The second kappa shape index (κ2) is 10.8. The molecule has 1 aromatic heterocycles. The Morgan fingerprint density at radius 3 is 2.51 bits per heavy atom. The smallest absolute Gasteiger partial charge is 0.293 e. The zero-order valence-electron chi connectivity index (χ0n) is 20.1. The number of hydrogen-bond donors (Lipinski definition) is 0. The molecule has 0 N–H and O–H groups in total. The van der Waals surface area contributed by atoms with E-state index >= 15 is 0 Å². The molecule has 1 aliphatic heterocycles. The molecule has 4 aromatic rings. The first kappa shape index (κ1) is 25.1. The van der Waals surface area contributed by atoms with Crippen LogP contribution in [0.1, 0.15) is 23.6 Å². The number of para-hydroxylation sites is 1. The number of aromatic nitrogens is 1. The number of thioether (sulfide) groups is 1. The van der Waals surface area contributed by atoms with E-state index in [1.165, 1.54) is 34.7 Å². The second-order valence-electron chi connectivity index (χ2n) is 8.64. The Bertz CT molecular complexity index is 1500. The van der Waals surface area contributed by atoms with Gasteiger partial charge in [-0.2, -0.15) is 0 Å². The molecule has 1 aliphatic rings. The van der Waals surface area contributed by atoms with Crippen LogP contribution in [0.25, 0.3) is 17.0 Å². The lowest BCUT2D eigenvalue weighted by molar-refractivity contribution is -0.123. The summed E-state index contributed by atoms with van der Waals surface area (Å²) in [5.74, 6) is -0.226. The first-order valence-corrected chi connectivity index (χ1v) is 13.1. The first-order chi connectivity index (χ1) is 17.9. The zero-order valence-corrected chi connectivity index (χ0v) is 21.7. The Morgan fingerprint density at radius 2 is 1.78 bits per heavy atom. The molecule has 0 unspecified atom stereocenters. The van der Waals surface area contributed by atoms with Gasteiger partial charge in [-0.25, -0.2) is 4.39 Å². The summed E-state index contributed by atoms with van der Waals surface area (Å²) in [6, 6.07) is 19.5. The van der Waals surface area contributed by atoms with Crippen LogP contribution in [0, 0.1) is 5.82 Å². The van der Waals surface area contributed by atoms with Crippen LogP contribution in [0.15, 0.2) is 77.8 Å². The molecule has 5 rings (SSSR count). The van der Waals surface area contributed by atoms with Gasteiger partial charge in [0, 0.05) is 28.7 Å². The van der Waals surface area contributed by atoms with Gasteiger partial charge in [0.05, 0.1) is 17.0 Å². The molecule has 0 bridgehead atoms. The van der Waals surface area contributed by atoms with E-state index in [2.05, 4.69) is 17.6 Å². The number of carbonyl (C=O) groups excluding carboxylic acids is 2. The number of aryl methyl sites for hydroxylation is 1. The van der Waals surface area contributed by atoms with E-state index in [9.17, 15) is 14.0 Å². The van der Waals surface area contributed by atoms with E-state index in [1.54, 1.807) is 6.08 Å². The summed E-state index contributed by atoms with van der Waals surface area (Å²) in [7, 11) is 0. The molecule has 0 saturated carbocycles. The Kier molecular flexibility index (Phi) is 7.35. The Balaban J connectivity index is 1.39. The lowest BCUT2D eigenvalue weighted by Gasteiger charge is -2.13. The first-order valence-electron chi connectivity index (χ1n) is 11.9. The highest BCUT2D eigenvalue weighted by Gasteiger charge is 2.35. The molecule has 188 valence electrons. The fraction of sp³-hybridized carbons (Fsp3) is 0.172. The number of nitrogens with zero attached hydrogens (tertiary/aromatic N) is 2. The summed E-state index contributed by atoms with van der Waals surface area (Å²) in [6.07, 6.45) is 4.70. The standard InChI is InChI=1S/C29H24ClFN2O3S/c1-2-20-4-3-5-25-21(18-32(27(20)25)17-19-6-8-22(30)9-7-19)16-26-28(34)33(29(35)37-26)14-15-36-24-12-10-23(31)11-13-24/h3-13,16,18H,2,14-15,17H2,1H3/b26-16-. The van der Waals surface area contributed by atoms with Crippen molar-refractivity contribution in [3.63, 3.8) is 0 Å². The van der Waals surface area contributed by atoms with E-state index in [-0.39, 0.29) is 30.1 Å². The van der Waals surface area contributed by atoms with Gasteiger partial charge < -0.3 is 9.30 Å². The van der Waals surface area contributed by atoms with Crippen LogP contribution in [-0.4, -0.2) is 33.8 Å². The Hall–Kier alpha value is -3.55. The average molecular weight is 535 g/mol. The van der Waals surface area contributed by atoms with Gasteiger partial charge in [0.25, 0.3) is 11.1 Å². The van der Waals surface area contributed by atoms with Crippen LogP contribution in [0.2, 0.25) is 5.02 Å². The third-order valence-electron chi connectivity index (χ3n) is 6.22. The summed E-state index contributed by atoms with van der Waals surface area (Å²) in [5.41, 5.74) is 4.31. The van der Waals surface area contributed by atoms with Gasteiger partial charge in [-0.1, -0.05) is 48.9 Å². The van der Waals surface area contributed by atoms with Gasteiger partial charge in [0.15, 0.2) is 0 Å². The number of hydrogen-bond acceptors (Lipinski definition) is 4. The van der Waals surface area contributed by atoms with Gasteiger partial charge in [-0.3, -0.25) is 14.5 Å². The number of benzene rings is 3.